The van der Waals surface area contributed by atoms with E-state index in [-0.39, 0.29) is 10.5 Å². The van der Waals surface area contributed by atoms with Gasteiger partial charge in [0.1, 0.15) is 10.6 Å². The fraction of sp³-hybridized carbons (Fsp3) is 0.222. The first-order valence-electron chi connectivity index (χ1n) is 4.17. The second-order valence-electron chi connectivity index (χ2n) is 3.24. The number of aliphatic hydroxyl groups excluding tert-OH is 1. The van der Waals surface area contributed by atoms with Crippen molar-refractivity contribution in [1.29, 1.82) is 0 Å². The summed E-state index contributed by atoms with van der Waals surface area (Å²) in [5.74, 6) is -2.06. The number of carbonyl (C=O) groups is 1. The first-order chi connectivity index (χ1) is 7.23. The van der Waals surface area contributed by atoms with E-state index in [1.165, 1.54) is 0 Å². The number of benzene rings is 1. The standard InChI is InChI=1S/C9H10O6S/c1-16(14,15)7-3-2-5(4-6(7)10)8(11)9(12)13/h2-4,8,10-11H,1H3,(H,12,13). The zero-order valence-electron chi connectivity index (χ0n) is 8.28. The second-order valence-corrected chi connectivity index (χ2v) is 5.22. The van der Waals surface area contributed by atoms with Crippen LogP contribution in [0.3, 0.4) is 0 Å². The molecule has 0 radical (unpaired) electrons. The van der Waals surface area contributed by atoms with Gasteiger partial charge in [0, 0.05) is 6.26 Å². The fourth-order valence-corrected chi connectivity index (χ4v) is 1.91. The monoisotopic (exact) mass is 246 g/mol. The normalized spacial score (nSPS) is 13.4. The van der Waals surface area contributed by atoms with Crippen LogP contribution < -0.4 is 0 Å². The van der Waals surface area contributed by atoms with E-state index in [2.05, 4.69) is 0 Å². The number of sulfone groups is 1. The Morgan fingerprint density at radius 2 is 1.94 bits per heavy atom. The predicted molar refractivity (Wildman–Crippen MR) is 53.8 cm³/mol. The molecule has 0 aromatic heterocycles. The zero-order valence-corrected chi connectivity index (χ0v) is 9.10. The van der Waals surface area contributed by atoms with Gasteiger partial charge >= 0.3 is 5.97 Å². The molecular weight excluding hydrogens is 236 g/mol. The third-order valence-electron chi connectivity index (χ3n) is 1.93. The average Bonchev–Trinajstić information content (AvgIpc) is 2.14. The average molecular weight is 246 g/mol. The van der Waals surface area contributed by atoms with Crippen LogP contribution in [-0.2, 0) is 14.6 Å². The fourth-order valence-electron chi connectivity index (χ4n) is 1.16. The molecular formula is C9H10O6S. The zero-order chi connectivity index (χ0) is 12.5. The molecule has 6 nitrogen and oxygen atoms in total. The number of carboxylic acids is 1. The van der Waals surface area contributed by atoms with Gasteiger partial charge in [0.2, 0.25) is 0 Å². The van der Waals surface area contributed by atoms with Crippen molar-refractivity contribution >= 4 is 15.8 Å². The minimum Gasteiger partial charge on any atom is -0.507 e. The summed E-state index contributed by atoms with van der Waals surface area (Å²) >= 11 is 0. The summed E-state index contributed by atoms with van der Waals surface area (Å²) < 4.78 is 22.3. The molecule has 1 atom stereocenters. The molecule has 0 heterocycles. The van der Waals surface area contributed by atoms with Gasteiger partial charge in [-0.3, -0.25) is 0 Å². The Labute approximate surface area is 91.7 Å². The highest BCUT2D eigenvalue weighted by atomic mass is 32.2. The van der Waals surface area contributed by atoms with Crippen LogP contribution in [0.1, 0.15) is 11.7 Å². The number of phenolic OH excluding ortho intramolecular Hbond substituents is 1. The summed E-state index contributed by atoms with van der Waals surface area (Å²) in [5, 5.41) is 27.0. The molecule has 16 heavy (non-hydrogen) atoms. The van der Waals surface area contributed by atoms with E-state index in [1.807, 2.05) is 0 Å². The number of aromatic hydroxyl groups is 1. The van der Waals surface area contributed by atoms with Crippen LogP contribution in [0.2, 0.25) is 0 Å². The Hall–Kier alpha value is -1.60. The first-order valence-corrected chi connectivity index (χ1v) is 6.06. The number of hydrogen-bond donors (Lipinski definition) is 3. The van der Waals surface area contributed by atoms with E-state index >= 15 is 0 Å². The molecule has 1 aromatic rings. The maximum absolute atomic E-state index is 11.1. The van der Waals surface area contributed by atoms with Gasteiger partial charge in [0.25, 0.3) is 0 Å². The van der Waals surface area contributed by atoms with E-state index in [9.17, 15) is 18.3 Å². The molecule has 0 aliphatic carbocycles. The van der Waals surface area contributed by atoms with Gasteiger partial charge in [-0.05, 0) is 17.7 Å². The van der Waals surface area contributed by atoms with E-state index in [0.717, 1.165) is 24.5 Å². The van der Waals surface area contributed by atoms with Crippen molar-refractivity contribution in [2.75, 3.05) is 6.26 Å². The van der Waals surface area contributed by atoms with Crippen molar-refractivity contribution in [2.24, 2.45) is 0 Å². The minimum atomic E-state index is -3.58. The summed E-state index contributed by atoms with van der Waals surface area (Å²) in [7, 11) is -3.58. The molecule has 88 valence electrons. The lowest BCUT2D eigenvalue weighted by Gasteiger charge is -2.08. The van der Waals surface area contributed by atoms with Crippen molar-refractivity contribution < 1.29 is 28.5 Å². The van der Waals surface area contributed by atoms with Gasteiger partial charge in [-0.15, -0.1) is 0 Å². The highest BCUT2D eigenvalue weighted by molar-refractivity contribution is 7.90. The largest absolute Gasteiger partial charge is 0.507 e. The minimum absolute atomic E-state index is 0.0857. The highest BCUT2D eigenvalue weighted by Gasteiger charge is 2.19. The summed E-state index contributed by atoms with van der Waals surface area (Å²) in [6.45, 7) is 0. The van der Waals surface area contributed by atoms with Crippen molar-refractivity contribution in [3.8, 4) is 5.75 Å². The molecule has 0 amide bonds. The SMILES string of the molecule is CS(=O)(=O)c1ccc(C(O)C(=O)O)cc1O. The number of rotatable bonds is 3. The van der Waals surface area contributed by atoms with Crippen molar-refractivity contribution in [3.63, 3.8) is 0 Å². The molecule has 1 aromatic carbocycles. The lowest BCUT2D eigenvalue weighted by molar-refractivity contribution is -0.146. The molecule has 1 unspecified atom stereocenters. The van der Waals surface area contributed by atoms with Gasteiger partial charge in [-0.25, -0.2) is 13.2 Å². The Bertz CT molecular complexity index is 519. The summed E-state index contributed by atoms with van der Waals surface area (Å²) in [6, 6.07) is 3.09. The van der Waals surface area contributed by atoms with Crippen LogP contribution in [0.15, 0.2) is 23.1 Å². The molecule has 0 saturated heterocycles. The van der Waals surface area contributed by atoms with Crippen LogP contribution >= 0.6 is 0 Å². The van der Waals surface area contributed by atoms with Crippen LogP contribution in [0, 0.1) is 0 Å². The number of phenols is 1. The Morgan fingerprint density at radius 3 is 2.31 bits per heavy atom. The van der Waals surface area contributed by atoms with E-state index in [4.69, 9.17) is 10.2 Å². The maximum Gasteiger partial charge on any atom is 0.337 e. The quantitative estimate of drug-likeness (QED) is 0.687. The van der Waals surface area contributed by atoms with E-state index < -0.39 is 27.7 Å². The molecule has 0 aliphatic heterocycles. The maximum atomic E-state index is 11.1. The van der Waals surface area contributed by atoms with E-state index in [1.54, 1.807) is 0 Å². The summed E-state index contributed by atoms with van der Waals surface area (Å²) in [4.78, 5) is 10.1. The van der Waals surface area contributed by atoms with E-state index in [0.29, 0.717) is 0 Å². The van der Waals surface area contributed by atoms with Crippen molar-refractivity contribution in [3.05, 3.63) is 23.8 Å². The van der Waals surface area contributed by atoms with Gasteiger partial charge in [-0.1, -0.05) is 6.07 Å². The van der Waals surface area contributed by atoms with Crippen LogP contribution in [0.25, 0.3) is 0 Å². The Morgan fingerprint density at radius 1 is 1.38 bits per heavy atom. The van der Waals surface area contributed by atoms with Gasteiger partial charge in [0.15, 0.2) is 15.9 Å². The molecule has 3 N–H and O–H groups in total. The predicted octanol–water partition coefficient (Wildman–Crippen LogP) is -0.0863. The number of aliphatic hydroxyl groups is 1. The molecule has 0 fully saturated rings. The van der Waals surface area contributed by atoms with Crippen molar-refractivity contribution in [2.45, 2.75) is 11.0 Å². The summed E-state index contributed by atoms with van der Waals surface area (Å²) in [5.41, 5.74) is -0.0857. The Balaban J connectivity index is 3.25. The van der Waals surface area contributed by atoms with Gasteiger partial charge in [0.05, 0.1) is 0 Å². The number of aliphatic carboxylic acids is 1. The molecule has 1 rings (SSSR count). The molecule has 0 bridgehead atoms. The topological polar surface area (TPSA) is 112 Å². The second kappa shape index (κ2) is 4.11. The van der Waals surface area contributed by atoms with Crippen molar-refractivity contribution in [1.82, 2.24) is 0 Å². The lowest BCUT2D eigenvalue weighted by Crippen LogP contribution is -2.10. The third kappa shape index (κ3) is 2.50. The summed E-state index contributed by atoms with van der Waals surface area (Å²) in [6.07, 6.45) is -0.880. The highest BCUT2D eigenvalue weighted by Crippen LogP contribution is 2.26. The van der Waals surface area contributed by atoms with Crippen LogP contribution in [0.4, 0.5) is 0 Å². The number of hydrogen-bond acceptors (Lipinski definition) is 5. The third-order valence-corrected chi connectivity index (χ3v) is 3.08. The molecule has 7 heteroatoms. The lowest BCUT2D eigenvalue weighted by atomic mass is 10.1. The number of carboxylic acid groups (broad SMARTS) is 1. The van der Waals surface area contributed by atoms with Crippen LogP contribution in [-0.4, -0.2) is 36.0 Å². The molecule has 0 spiro atoms. The molecule has 0 saturated carbocycles. The first kappa shape index (κ1) is 12.5. The Kier molecular flexibility index (Phi) is 3.20. The van der Waals surface area contributed by atoms with Gasteiger partial charge < -0.3 is 15.3 Å². The molecule has 0 aliphatic rings. The van der Waals surface area contributed by atoms with Gasteiger partial charge in [-0.2, -0.15) is 0 Å². The smallest absolute Gasteiger partial charge is 0.337 e. The van der Waals surface area contributed by atoms with Crippen LogP contribution in [0.5, 0.6) is 5.75 Å².